The average Bonchev–Trinajstić information content (AvgIpc) is 2.40. The zero-order valence-corrected chi connectivity index (χ0v) is 11.4. The van der Waals surface area contributed by atoms with Gasteiger partial charge in [-0.3, -0.25) is 0 Å². The smallest absolute Gasteiger partial charge is 0.127 e. The first kappa shape index (κ1) is 12.2. The molecule has 0 aliphatic rings. The van der Waals surface area contributed by atoms with Gasteiger partial charge in [0, 0.05) is 5.33 Å². The Morgan fingerprint density at radius 2 is 1.71 bits per heavy atom. The van der Waals surface area contributed by atoms with E-state index in [1.54, 1.807) is 0 Å². The van der Waals surface area contributed by atoms with E-state index in [0.29, 0.717) is 0 Å². The van der Waals surface area contributed by atoms with E-state index in [9.17, 15) is 0 Å². The van der Waals surface area contributed by atoms with Gasteiger partial charge in [0.1, 0.15) is 11.5 Å². The summed E-state index contributed by atoms with van der Waals surface area (Å²) in [4.78, 5) is 0. The summed E-state index contributed by atoms with van der Waals surface area (Å²) in [6.07, 6.45) is 1.03. The molecule has 0 saturated heterocycles. The zero-order chi connectivity index (χ0) is 12.1. The summed E-state index contributed by atoms with van der Waals surface area (Å²) in [6.45, 7) is 2.14. The number of hydrogen-bond acceptors (Lipinski definition) is 1. The SMILES string of the molecule is CCc1cccc(Oc2ccc(CBr)cc2)c1. The van der Waals surface area contributed by atoms with E-state index >= 15 is 0 Å². The Labute approximate surface area is 111 Å². The number of aryl methyl sites for hydroxylation is 1. The first-order valence-electron chi connectivity index (χ1n) is 5.73. The molecule has 0 atom stereocenters. The van der Waals surface area contributed by atoms with Gasteiger partial charge in [0.05, 0.1) is 0 Å². The first-order chi connectivity index (χ1) is 8.31. The fourth-order valence-corrected chi connectivity index (χ4v) is 1.99. The van der Waals surface area contributed by atoms with Crippen LogP contribution in [0.2, 0.25) is 0 Å². The molecule has 17 heavy (non-hydrogen) atoms. The Morgan fingerprint density at radius 1 is 0.941 bits per heavy atom. The molecule has 0 heterocycles. The third kappa shape index (κ3) is 3.34. The highest BCUT2D eigenvalue weighted by atomic mass is 79.9. The van der Waals surface area contributed by atoms with Crippen LogP contribution in [0, 0.1) is 0 Å². The van der Waals surface area contributed by atoms with Crippen LogP contribution < -0.4 is 4.74 Å². The standard InChI is InChI=1S/C15H15BrO/c1-2-12-4-3-5-15(10-12)17-14-8-6-13(11-16)7-9-14/h3-10H,2,11H2,1H3. The predicted molar refractivity (Wildman–Crippen MR) is 75.0 cm³/mol. The minimum Gasteiger partial charge on any atom is -0.457 e. The van der Waals surface area contributed by atoms with Gasteiger partial charge >= 0.3 is 0 Å². The number of hydrogen-bond donors (Lipinski definition) is 0. The van der Waals surface area contributed by atoms with Crippen molar-refractivity contribution in [1.29, 1.82) is 0 Å². The van der Waals surface area contributed by atoms with Crippen molar-refractivity contribution >= 4 is 15.9 Å². The van der Waals surface area contributed by atoms with Crippen molar-refractivity contribution < 1.29 is 4.74 Å². The lowest BCUT2D eigenvalue weighted by Crippen LogP contribution is -1.86. The molecule has 0 N–H and O–H groups in total. The average molecular weight is 291 g/mol. The van der Waals surface area contributed by atoms with Crippen molar-refractivity contribution in [3.63, 3.8) is 0 Å². The topological polar surface area (TPSA) is 9.23 Å². The molecule has 2 aromatic carbocycles. The summed E-state index contributed by atoms with van der Waals surface area (Å²) >= 11 is 3.43. The Morgan fingerprint density at radius 3 is 2.35 bits per heavy atom. The van der Waals surface area contributed by atoms with Crippen molar-refractivity contribution in [3.8, 4) is 11.5 Å². The Kier molecular flexibility index (Phi) is 4.21. The van der Waals surface area contributed by atoms with Gasteiger partial charge < -0.3 is 4.74 Å². The highest BCUT2D eigenvalue weighted by Gasteiger charge is 1.98. The molecule has 0 bridgehead atoms. The molecule has 0 unspecified atom stereocenters. The largest absolute Gasteiger partial charge is 0.457 e. The third-order valence-electron chi connectivity index (χ3n) is 2.62. The van der Waals surface area contributed by atoms with Gasteiger partial charge in [-0.2, -0.15) is 0 Å². The second kappa shape index (κ2) is 5.87. The highest BCUT2D eigenvalue weighted by molar-refractivity contribution is 9.08. The molecular weight excluding hydrogens is 276 g/mol. The number of benzene rings is 2. The summed E-state index contributed by atoms with van der Waals surface area (Å²) < 4.78 is 5.81. The molecule has 1 nitrogen and oxygen atoms in total. The third-order valence-corrected chi connectivity index (χ3v) is 3.27. The van der Waals surface area contributed by atoms with Crippen LogP contribution in [-0.2, 0) is 11.8 Å². The summed E-state index contributed by atoms with van der Waals surface area (Å²) in [5.41, 5.74) is 2.54. The molecule has 0 amide bonds. The number of ether oxygens (including phenoxy) is 1. The Balaban J connectivity index is 2.13. The molecule has 2 heteroatoms. The lowest BCUT2D eigenvalue weighted by molar-refractivity contribution is 0.482. The summed E-state index contributed by atoms with van der Waals surface area (Å²) in [6, 6.07) is 16.3. The minimum atomic E-state index is 0.874. The van der Waals surface area contributed by atoms with Gasteiger partial charge in [-0.25, -0.2) is 0 Å². The van der Waals surface area contributed by atoms with Crippen LogP contribution in [0.3, 0.4) is 0 Å². The maximum Gasteiger partial charge on any atom is 0.127 e. The molecule has 0 saturated carbocycles. The summed E-state index contributed by atoms with van der Waals surface area (Å²) in [5.74, 6) is 1.78. The number of halogens is 1. The predicted octanol–water partition coefficient (Wildman–Crippen LogP) is 4.94. The van der Waals surface area contributed by atoms with Crippen LogP contribution in [0.4, 0.5) is 0 Å². The van der Waals surface area contributed by atoms with E-state index < -0.39 is 0 Å². The van der Waals surface area contributed by atoms with E-state index in [4.69, 9.17) is 4.74 Å². The van der Waals surface area contributed by atoms with Crippen molar-refractivity contribution in [2.45, 2.75) is 18.7 Å². The number of alkyl halides is 1. The fourth-order valence-electron chi connectivity index (χ4n) is 1.61. The zero-order valence-electron chi connectivity index (χ0n) is 9.82. The second-order valence-corrected chi connectivity index (χ2v) is 4.44. The van der Waals surface area contributed by atoms with Crippen LogP contribution in [-0.4, -0.2) is 0 Å². The van der Waals surface area contributed by atoms with E-state index in [-0.39, 0.29) is 0 Å². The van der Waals surface area contributed by atoms with Gasteiger partial charge in [0.15, 0.2) is 0 Å². The lowest BCUT2D eigenvalue weighted by Gasteiger charge is -2.07. The van der Waals surface area contributed by atoms with Crippen molar-refractivity contribution in [3.05, 3.63) is 59.7 Å². The molecule has 2 aromatic rings. The van der Waals surface area contributed by atoms with Crippen molar-refractivity contribution in [2.24, 2.45) is 0 Å². The van der Waals surface area contributed by atoms with Gasteiger partial charge in [-0.15, -0.1) is 0 Å². The molecule has 0 spiro atoms. The second-order valence-electron chi connectivity index (χ2n) is 3.88. The molecular formula is C15H15BrO. The highest BCUT2D eigenvalue weighted by Crippen LogP contribution is 2.23. The van der Waals surface area contributed by atoms with Crippen LogP contribution in [0.25, 0.3) is 0 Å². The molecule has 0 aliphatic carbocycles. The molecule has 0 aromatic heterocycles. The molecule has 88 valence electrons. The Hall–Kier alpha value is -1.28. The first-order valence-corrected chi connectivity index (χ1v) is 6.85. The van der Waals surface area contributed by atoms with E-state index in [0.717, 1.165) is 23.2 Å². The normalized spacial score (nSPS) is 10.2. The van der Waals surface area contributed by atoms with Crippen molar-refractivity contribution in [2.75, 3.05) is 0 Å². The van der Waals surface area contributed by atoms with E-state index in [1.807, 2.05) is 24.3 Å². The Bertz CT molecular complexity index is 477. The fraction of sp³-hybridized carbons (Fsp3) is 0.200. The molecule has 0 radical (unpaired) electrons. The lowest BCUT2D eigenvalue weighted by atomic mass is 10.2. The van der Waals surface area contributed by atoms with E-state index in [1.165, 1.54) is 11.1 Å². The van der Waals surface area contributed by atoms with Crippen LogP contribution in [0.5, 0.6) is 11.5 Å². The van der Waals surface area contributed by atoms with Gasteiger partial charge in [-0.05, 0) is 41.8 Å². The van der Waals surface area contributed by atoms with Gasteiger partial charge in [0.2, 0.25) is 0 Å². The van der Waals surface area contributed by atoms with Crippen LogP contribution in [0.1, 0.15) is 18.1 Å². The van der Waals surface area contributed by atoms with Crippen LogP contribution in [0.15, 0.2) is 48.5 Å². The monoisotopic (exact) mass is 290 g/mol. The summed E-state index contributed by atoms with van der Waals surface area (Å²) in [7, 11) is 0. The van der Waals surface area contributed by atoms with Gasteiger partial charge in [-0.1, -0.05) is 47.1 Å². The van der Waals surface area contributed by atoms with Crippen molar-refractivity contribution in [1.82, 2.24) is 0 Å². The minimum absolute atomic E-state index is 0.874. The van der Waals surface area contributed by atoms with Gasteiger partial charge in [0.25, 0.3) is 0 Å². The summed E-state index contributed by atoms with van der Waals surface area (Å²) in [5, 5.41) is 0.874. The van der Waals surface area contributed by atoms with E-state index in [2.05, 4.69) is 47.1 Å². The van der Waals surface area contributed by atoms with Crippen LogP contribution >= 0.6 is 15.9 Å². The number of rotatable bonds is 4. The maximum absolute atomic E-state index is 5.81. The quantitative estimate of drug-likeness (QED) is 0.725. The molecule has 0 aliphatic heterocycles. The maximum atomic E-state index is 5.81. The molecule has 0 fully saturated rings. The molecule has 2 rings (SSSR count).